The van der Waals surface area contributed by atoms with Gasteiger partial charge in [0.15, 0.2) is 11.0 Å². The van der Waals surface area contributed by atoms with Crippen LogP contribution in [0, 0.1) is 13.8 Å². The highest BCUT2D eigenvalue weighted by atomic mass is 32.2. The summed E-state index contributed by atoms with van der Waals surface area (Å²) in [6.45, 7) is 6.87. The Hall–Kier alpha value is -1.67. The summed E-state index contributed by atoms with van der Waals surface area (Å²) in [5.74, 6) is 2.43. The molecule has 0 aromatic carbocycles. The minimum Gasteiger partial charge on any atom is -0.339 e. The summed E-state index contributed by atoms with van der Waals surface area (Å²) < 4.78 is 7.14. The molecule has 1 aliphatic carbocycles. The third kappa shape index (κ3) is 3.32. The molecule has 0 unspecified atom stereocenters. The zero-order valence-corrected chi connectivity index (χ0v) is 16.9. The molecule has 0 amide bonds. The molecule has 0 radical (unpaired) electrons. The van der Waals surface area contributed by atoms with E-state index in [1.165, 1.54) is 11.8 Å². The molecule has 0 atom stereocenters. The van der Waals surface area contributed by atoms with E-state index in [-0.39, 0.29) is 5.56 Å². The van der Waals surface area contributed by atoms with E-state index >= 15 is 0 Å². The zero-order valence-electron chi connectivity index (χ0n) is 15.2. The summed E-state index contributed by atoms with van der Waals surface area (Å²) in [5.41, 5.74) is 1.12. The van der Waals surface area contributed by atoms with Crippen LogP contribution in [0.1, 0.15) is 60.7 Å². The second kappa shape index (κ2) is 7.15. The number of hydrogen-bond acceptors (Lipinski definition) is 7. The molecule has 3 aromatic rings. The third-order valence-corrected chi connectivity index (χ3v) is 6.80. The van der Waals surface area contributed by atoms with Gasteiger partial charge in [0.05, 0.1) is 11.1 Å². The average Bonchev–Trinajstić information content (AvgIpc) is 3.29. The summed E-state index contributed by atoms with van der Waals surface area (Å²) in [5, 5.41) is 5.58. The fraction of sp³-hybridized carbons (Fsp3) is 0.556. The van der Waals surface area contributed by atoms with Gasteiger partial charge in [0, 0.05) is 17.3 Å². The van der Waals surface area contributed by atoms with Crippen LogP contribution in [0.4, 0.5) is 0 Å². The summed E-state index contributed by atoms with van der Waals surface area (Å²) in [4.78, 5) is 24.3. The maximum absolute atomic E-state index is 13.1. The standard InChI is InChI=1S/C18H22N4O2S2/c1-4-5-8-22-17(23)14-10(2)11(3)26-16(14)20-18(22)25-9-13-19-15(24-21-13)12-6-7-12/h12H,4-9H2,1-3H3. The highest BCUT2D eigenvalue weighted by molar-refractivity contribution is 7.98. The molecule has 1 fully saturated rings. The lowest BCUT2D eigenvalue weighted by molar-refractivity contribution is 0.375. The van der Waals surface area contributed by atoms with Crippen molar-refractivity contribution in [3.63, 3.8) is 0 Å². The van der Waals surface area contributed by atoms with Gasteiger partial charge in [0.1, 0.15) is 4.83 Å². The largest absolute Gasteiger partial charge is 0.339 e. The summed E-state index contributed by atoms with van der Waals surface area (Å²) in [7, 11) is 0. The number of thiophene rings is 1. The van der Waals surface area contributed by atoms with Crippen LogP contribution in [0.5, 0.6) is 0 Å². The van der Waals surface area contributed by atoms with Crippen LogP contribution in [-0.4, -0.2) is 19.7 Å². The van der Waals surface area contributed by atoms with E-state index in [0.717, 1.165) is 57.4 Å². The van der Waals surface area contributed by atoms with Crippen molar-refractivity contribution in [2.75, 3.05) is 0 Å². The Morgan fingerprint density at radius 1 is 1.31 bits per heavy atom. The van der Waals surface area contributed by atoms with E-state index < -0.39 is 0 Å². The first-order valence-corrected chi connectivity index (χ1v) is 10.8. The monoisotopic (exact) mass is 390 g/mol. The molecular weight excluding hydrogens is 368 g/mol. The van der Waals surface area contributed by atoms with Crippen molar-refractivity contribution in [3.8, 4) is 0 Å². The lowest BCUT2D eigenvalue weighted by Gasteiger charge is -2.11. The van der Waals surface area contributed by atoms with Gasteiger partial charge in [-0.25, -0.2) is 4.98 Å². The number of unbranched alkanes of at least 4 members (excludes halogenated alkanes) is 1. The molecule has 0 aliphatic heterocycles. The minimum absolute atomic E-state index is 0.0691. The first-order valence-electron chi connectivity index (χ1n) is 9.04. The Bertz CT molecular complexity index is 1000. The topological polar surface area (TPSA) is 73.8 Å². The van der Waals surface area contributed by atoms with Crippen LogP contribution < -0.4 is 5.56 Å². The van der Waals surface area contributed by atoms with Gasteiger partial charge in [-0.15, -0.1) is 11.3 Å². The van der Waals surface area contributed by atoms with E-state index in [9.17, 15) is 4.79 Å². The van der Waals surface area contributed by atoms with Gasteiger partial charge >= 0.3 is 0 Å². The normalized spacial score (nSPS) is 14.4. The van der Waals surface area contributed by atoms with Crippen LogP contribution in [0.15, 0.2) is 14.5 Å². The molecule has 1 aliphatic rings. The van der Waals surface area contributed by atoms with E-state index in [1.54, 1.807) is 11.3 Å². The van der Waals surface area contributed by atoms with Gasteiger partial charge < -0.3 is 4.52 Å². The number of thioether (sulfide) groups is 1. The highest BCUT2D eigenvalue weighted by Gasteiger charge is 2.29. The summed E-state index contributed by atoms with van der Waals surface area (Å²) in [6, 6.07) is 0. The number of nitrogens with zero attached hydrogens (tertiary/aromatic N) is 4. The molecule has 0 saturated heterocycles. The summed E-state index contributed by atoms with van der Waals surface area (Å²) >= 11 is 3.10. The van der Waals surface area contributed by atoms with Gasteiger partial charge in [0.2, 0.25) is 5.89 Å². The molecular formula is C18H22N4O2S2. The molecule has 6 nitrogen and oxygen atoms in total. The molecule has 26 heavy (non-hydrogen) atoms. The number of aryl methyl sites for hydroxylation is 2. The number of rotatable bonds is 7. The fourth-order valence-corrected chi connectivity index (χ4v) is 4.82. The molecule has 8 heteroatoms. The molecule has 4 rings (SSSR count). The Kier molecular flexibility index (Phi) is 4.88. The van der Waals surface area contributed by atoms with Crippen LogP contribution in [0.25, 0.3) is 10.2 Å². The average molecular weight is 391 g/mol. The van der Waals surface area contributed by atoms with Crippen LogP contribution >= 0.6 is 23.1 Å². The van der Waals surface area contributed by atoms with Crippen molar-refractivity contribution in [1.29, 1.82) is 0 Å². The van der Waals surface area contributed by atoms with Crippen LogP contribution in [0.3, 0.4) is 0 Å². The van der Waals surface area contributed by atoms with Crippen molar-refractivity contribution in [2.24, 2.45) is 0 Å². The maximum Gasteiger partial charge on any atom is 0.263 e. The smallest absolute Gasteiger partial charge is 0.263 e. The third-order valence-electron chi connectivity index (χ3n) is 4.73. The molecule has 0 bridgehead atoms. The zero-order chi connectivity index (χ0) is 18.3. The fourth-order valence-electron chi connectivity index (χ4n) is 2.88. The molecule has 3 heterocycles. The van der Waals surface area contributed by atoms with Crippen LogP contribution in [0.2, 0.25) is 0 Å². The first kappa shape index (κ1) is 17.7. The number of hydrogen-bond donors (Lipinski definition) is 0. The first-order chi connectivity index (χ1) is 12.6. The van der Waals surface area contributed by atoms with Crippen molar-refractivity contribution in [3.05, 3.63) is 32.5 Å². The molecule has 138 valence electrons. The van der Waals surface area contributed by atoms with Gasteiger partial charge in [0.25, 0.3) is 5.56 Å². The number of aromatic nitrogens is 4. The molecule has 1 saturated carbocycles. The van der Waals surface area contributed by atoms with Gasteiger partial charge in [-0.05, 0) is 38.7 Å². The highest BCUT2D eigenvalue weighted by Crippen LogP contribution is 2.39. The quantitative estimate of drug-likeness (QED) is 0.439. The van der Waals surface area contributed by atoms with Crippen molar-refractivity contribution in [2.45, 2.75) is 69.8 Å². The Morgan fingerprint density at radius 2 is 2.12 bits per heavy atom. The predicted octanol–water partition coefficient (Wildman–Crippen LogP) is 4.43. The van der Waals surface area contributed by atoms with Crippen molar-refractivity contribution < 1.29 is 4.52 Å². The van der Waals surface area contributed by atoms with E-state index in [4.69, 9.17) is 9.51 Å². The van der Waals surface area contributed by atoms with E-state index in [2.05, 4.69) is 17.1 Å². The van der Waals surface area contributed by atoms with E-state index in [1.807, 2.05) is 18.4 Å². The molecule has 0 spiro atoms. The van der Waals surface area contributed by atoms with Gasteiger partial charge in [-0.2, -0.15) is 4.98 Å². The van der Waals surface area contributed by atoms with Crippen molar-refractivity contribution >= 4 is 33.3 Å². The lowest BCUT2D eigenvalue weighted by atomic mass is 10.2. The Balaban J connectivity index is 1.65. The summed E-state index contributed by atoms with van der Waals surface area (Å²) in [6.07, 6.45) is 4.27. The Labute approximate surface area is 160 Å². The number of fused-ring (bicyclic) bond motifs is 1. The van der Waals surface area contributed by atoms with Crippen LogP contribution in [-0.2, 0) is 12.3 Å². The van der Waals surface area contributed by atoms with Gasteiger partial charge in [-0.1, -0.05) is 30.3 Å². The second-order valence-electron chi connectivity index (χ2n) is 6.78. The maximum atomic E-state index is 13.1. The van der Waals surface area contributed by atoms with Crippen molar-refractivity contribution in [1.82, 2.24) is 19.7 Å². The van der Waals surface area contributed by atoms with Gasteiger partial charge in [-0.3, -0.25) is 9.36 Å². The second-order valence-corrected chi connectivity index (χ2v) is 8.93. The molecule has 0 N–H and O–H groups in total. The Morgan fingerprint density at radius 3 is 2.85 bits per heavy atom. The SMILES string of the molecule is CCCCn1c(SCc2noc(C3CC3)n2)nc2sc(C)c(C)c2c1=O. The van der Waals surface area contributed by atoms with E-state index in [0.29, 0.717) is 24.0 Å². The molecule has 3 aromatic heterocycles. The predicted molar refractivity (Wildman–Crippen MR) is 104 cm³/mol. The lowest BCUT2D eigenvalue weighted by Crippen LogP contribution is -2.23. The minimum atomic E-state index is 0.0691.